The average Bonchev–Trinajstić information content (AvgIpc) is 2.84. The summed E-state index contributed by atoms with van der Waals surface area (Å²) in [6, 6.07) is 15.0. The second kappa shape index (κ2) is 12.3. The van der Waals surface area contributed by atoms with Crippen LogP contribution in [0.5, 0.6) is 0 Å². The Morgan fingerprint density at radius 2 is 1.89 bits per heavy atom. The molecule has 0 saturated heterocycles. The maximum Gasteiger partial charge on any atom is 0.336 e. The lowest BCUT2D eigenvalue weighted by Crippen LogP contribution is -2.38. The van der Waals surface area contributed by atoms with Crippen LogP contribution in [0, 0.1) is 6.92 Å². The summed E-state index contributed by atoms with van der Waals surface area (Å²) in [4.78, 5) is 40.5. The molecule has 0 fully saturated rings. The van der Waals surface area contributed by atoms with Crippen molar-refractivity contribution < 1.29 is 23.9 Å². The molecule has 186 valence electrons. The Hall–Kier alpha value is -3.45. The van der Waals surface area contributed by atoms with Crippen molar-refractivity contribution in [3.8, 4) is 0 Å². The Morgan fingerprint density at radius 1 is 1.11 bits per heavy atom. The van der Waals surface area contributed by atoms with Crippen LogP contribution in [0.2, 0.25) is 0 Å². The number of rotatable bonds is 10. The second-order valence-electron chi connectivity index (χ2n) is 8.62. The Labute approximate surface area is 207 Å². The number of methoxy groups -OCH3 is 1. The molecule has 0 saturated carbocycles. The molecule has 0 bridgehead atoms. The lowest BCUT2D eigenvalue weighted by Gasteiger charge is -2.35. The molecule has 3 rings (SSSR count). The van der Waals surface area contributed by atoms with Crippen LogP contribution in [0.25, 0.3) is 0 Å². The number of hydrogen-bond donors (Lipinski definition) is 1. The molecule has 0 aliphatic carbocycles. The van der Waals surface area contributed by atoms with Crippen LogP contribution < -0.4 is 5.32 Å². The van der Waals surface area contributed by atoms with E-state index in [1.165, 1.54) is 0 Å². The van der Waals surface area contributed by atoms with Gasteiger partial charge in [0.2, 0.25) is 5.91 Å². The molecular formula is C28H34N2O5. The average molecular weight is 479 g/mol. The molecule has 1 atom stereocenters. The SMILES string of the molecule is CCOC(=O)C1=C(C)N(Cc2cccc(C(=O)NCCCOC)c2)C(=O)CC1c1ccccc1C. The number of benzene rings is 2. The molecule has 7 nitrogen and oxygen atoms in total. The van der Waals surface area contributed by atoms with Crippen molar-refractivity contribution in [1.29, 1.82) is 0 Å². The van der Waals surface area contributed by atoms with Crippen LogP contribution in [0.1, 0.15) is 59.7 Å². The highest BCUT2D eigenvalue weighted by atomic mass is 16.5. The quantitative estimate of drug-likeness (QED) is 0.410. The van der Waals surface area contributed by atoms with Gasteiger partial charge < -0.3 is 19.7 Å². The molecule has 0 aromatic heterocycles. The molecule has 1 N–H and O–H groups in total. The molecule has 35 heavy (non-hydrogen) atoms. The number of allylic oxidation sites excluding steroid dienone is 1. The third-order valence-corrected chi connectivity index (χ3v) is 6.22. The minimum atomic E-state index is -0.403. The number of amides is 2. The van der Waals surface area contributed by atoms with Gasteiger partial charge in [-0.2, -0.15) is 0 Å². The second-order valence-corrected chi connectivity index (χ2v) is 8.62. The first-order valence-electron chi connectivity index (χ1n) is 12.0. The summed E-state index contributed by atoms with van der Waals surface area (Å²) in [7, 11) is 1.63. The summed E-state index contributed by atoms with van der Waals surface area (Å²) in [5, 5.41) is 2.88. The summed E-state index contributed by atoms with van der Waals surface area (Å²) >= 11 is 0. The molecule has 2 aromatic carbocycles. The molecule has 2 amide bonds. The molecule has 7 heteroatoms. The predicted molar refractivity (Wildman–Crippen MR) is 134 cm³/mol. The number of carbonyl (C=O) groups is 3. The number of nitrogens with zero attached hydrogens (tertiary/aromatic N) is 1. The standard InChI is InChI=1S/C28H34N2O5/c1-5-35-28(33)26-20(3)30(25(31)17-24(26)23-13-7-6-10-19(23)2)18-21-11-8-12-22(16-21)27(32)29-14-9-15-34-4/h6-8,10-13,16,24H,5,9,14-15,17-18H2,1-4H3,(H,29,32). The van der Waals surface area contributed by atoms with Gasteiger partial charge in [-0.3, -0.25) is 9.59 Å². The van der Waals surface area contributed by atoms with E-state index in [-0.39, 0.29) is 37.3 Å². The van der Waals surface area contributed by atoms with Crippen LogP contribution in [0.4, 0.5) is 0 Å². The third-order valence-electron chi connectivity index (χ3n) is 6.22. The van der Waals surface area contributed by atoms with Crippen LogP contribution >= 0.6 is 0 Å². The third kappa shape index (κ3) is 6.36. The maximum absolute atomic E-state index is 13.3. The van der Waals surface area contributed by atoms with Gasteiger partial charge >= 0.3 is 5.97 Å². The van der Waals surface area contributed by atoms with Crippen molar-refractivity contribution in [1.82, 2.24) is 10.2 Å². The molecular weight excluding hydrogens is 444 g/mol. The van der Waals surface area contributed by atoms with E-state index < -0.39 is 5.97 Å². The van der Waals surface area contributed by atoms with Gasteiger partial charge in [-0.1, -0.05) is 36.4 Å². The van der Waals surface area contributed by atoms with Crippen molar-refractivity contribution in [3.05, 3.63) is 82.1 Å². The number of nitrogens with one attached hydrogen (secondary N) is 1. The smallest absolute Gasteiger partial charge is 0.336 e. The first kappa shape index (κ1) is 26.2. The summed E-state index contributed by atoms with van der Waals surface area (Å²) < 4.78 is 10.4. The topological polar surface area (TPSA) is 84.9 Å². The number of hydrogen-bond acceptors (Lipinski definition) is 5. The van der Waals surface area contributed by atoms with Crippen LogP contribution in [-0.4, -0.2) is 49.6 Å². The molecule has 0 radical (unpaired) electrons. The number of carbonyl (C=O) groups excluding carboxylic acids is 3. The molecule has 1 heterocycles. The number of esters is 1. The first-order valence-corrected chi connectivity index (χ1v) is 12.0. The zero-order valence-corrected chi connectivity index (χ0v) is 20.9. The molecule has 0 spiro atoms. The van der Waals surface area contributed by atoms with Gasteiger partial charge in [0.25, 0.3) is 5.91 Å². The Kier molecular flexibility index (Phi) is 9.20. The normalized spacial score (nSPS) is 15.8. The van der Waals surface area contributed by atoms with E-state index in [4.69, 9.17) is 9.47 Å². The molecule has 1 unspecified atom stereocenters. The zero-order chi connectivity index (χ0) is 25.4. The maximum atomic E-state index is 13.3. The fraction of sp³-hybridized carbons (Fsp3) is 0.393. The summed E-state index contributed by atoms with van der Waals surface area (Å²) in [5.41, 5.74) is 4.40. The van der Waals surface area contributed by atoms with E-state index in [1.807, 2.05) is 37.3 Å². The van der Waals surface area contributed by atoms with Gasteiger partial charge in [-0.05, 0) is 56.0 Å². The zero-order valence-electron chi connectivity index (χ0n) is 20.9. The van der Waals surface area contributed by atoms with Crippen molar-refractivity contribution in [2.75, 3.05) is 26.9 Å². The van der Waals surface area contributed by atoms with Crippen molar-refractivity contribution in [2.24, 2.45) is 0 Å². The van der Waals surface area contributed by atoms with E-state index in [0.717, 1.165) is 23.1 Å². The van der Waals surface area contributed by atoms with E-state index >= 15 is 0 Å². The predicted octanol–water partition coefficient (Wildman–Crippen LogP) is 4.11. The van der Waals surface area contributed by atoms with Crippen LogP contribution in [0.15, 0.2) is 59.8 Å². The van der Waals surface area contributed by atoms with Crippen LogP contribution in [-0.2, 0) is 25.6 Å². The Balaban J connectivity index is 1.88. The van der Waals surface area contributed by atoms with E-state index in [2.05, 4.69) is 5.32 Å². The monoisotopic (exact) mass is 478 g/mol. The summed E-state index contributed by atoms with van der Waals surface area (Å²) in [6.45, 7) is 7.16. The van der Waals surface area contributed by atoms with Crippen LogP contribution in [0.3, 0.4) is 0 Å². The van der Waals surface area contributed by atoms with Gasteiger partial charge in [0.15, 0.2) is 0 Å². The van der Waals surface area contributed by atoms with Crippen molar-refractivity contribution in [3.63, 3.8) is 0 Å². The first-order chi connectivity index (χ1) is 16.9. The molecule has 1 aliphatic rings. The lowest BCUT2D eigenvalue weighted by atomic mass is 9.81. The Morgan fingerprint density at radius 3 is 2.60 bits per heavy atom. The van der Waals surface area contributed by atoms with E-state index in [9.17, 15) is 14.4 Å². The summed E-state index contributed by atoms with van der Waals surface area (Å²) in [6.07, 6.45) is 0.906. The van der Waals surface area contributed by atoms with Crippen molar-refractivity contribution >= 4 is 17.8 Å². The highest BCUT2D eigenvalue weighted by Gasteiger charge is 2.37. The van der Waals surface area contributed by atoms with Gasteiger partial charge in [0.05, 0.1) is 18.7 Å². The molecule has 1 aliphatic heterocycles. The van der Waals surface area contributed by atoms with Gasteiger partial charge in [-0.25, -0.2) is 4.79 Å². The largest absolute Gasteiger partial charge is 0.463 e. The van der Waals surface area contributed by atoms with E-state index in [1.54, 1.807) is 44.1 Å². The fourth-order valence-corrected chi connectivity index (χ4v) is 4.43. The highest BCUT2D eigenvalue weighted by Crippen LogP contribution is 2.38. The Bertz CT molecular complexity index is 1110. The number of ether oxygens (including phenoxy) is 2. The van der Waals surface area contributed by atoms with Gasteiger partial charge in [-0.15, -0.1) is 0 Å². The van der Waals surface area contributed by atoms with Crippen molar-refractivity contribution in [2.45, 2.75) is 46.1 Å². The van der Waals surface area contributed by atoms with Gasteiger partial charge in [0.1, 0.15) is 0 Å². The highest BCUT2D eigenvalue weighted by molar-refractivity contribution is 5.96. The minimum Gasteiger partial charge on any atom is -0.463 e. The minimum absolute atomic E-state index is 0.0711. The van der Waals surface area contributed by atoms with Gasteiger partial charge in [0, 0.05) is 43.9 Å². The molecule has 2 aromatic rings. The van der Waals surface area contributed by atoms with E-state index in [0.29, 0.717) is 30.0 Å². The number of aryl methyl sites for hydroxylation is 1. The fourth-order valence-electron chi connectivity index (χ4n) is 4.43. The summed E-state index contributed by atoms with van der Waals surface area (Å²) in [5.74, 6) is -1.01. The lowest BCUT2D eigenvalue weighted by molar-refractivity contribution is -0.140.